The summed E-state index contributed by atoms with van der Waals surface area (Å²) < 4.78 is 32.4. The number of sulfonamides is 1. The zero-order chi connectivity index (χ0) is 15.3. The van der Waals surface area contributed by atoms with Crippen molar-refractivity contribution in [1.82, 2.24) is 9.29 Å². The van der Waals surface area contributed by atoms with Gasteiger partial charge in [-0.15, -0.1) is 0 Å². The number of nitrogens with zero attached hydrogens (tertiary/aromatic N) is 2. The zero-order valence-corrected chi connectivity index (χ0v) is 13.2. The Labute approximate surface area is 126 Å². The molecule has 1 aromatic heterocycles. The molecule has 0 amide bonds. The van der Waals surface area contributed by atoms with Gasteiger partial charge < -0.3 is 10.5 Å². The van der Waals surface area contributed by atoms with Crippen LogP contribution in [0.1, 0.15) is 31.9 Å². The van der Waals surface area contributed by atoms with Crippen molar-refractivity contribution in [1.29, 1.82) is 0 Å². The first-order valence-electron chi connectivity index (χ1n) is 7.34. The highest BCUT2D eigenvalue weighted by atomic mass is 32.2. The fraction of sp³-hybridized carbons (Fsp3) is 0.643. The summed E-state index contributed by atoms with van der Waals surface area (Å²) in [6, 6.07) is 3.23. The van der Waals surface area contributed by atoms with Crippen LogP contribution in [0.4, 0.5) is 0 Å². The first kappa shape index (κ1) is 16.4. The van der Waals surface area contributed by atoms with Gasteiger partial charge in [0.2, 0.25) is 10.0 Å². The van der Waals surface area contributed by atoms with Gasteiger partial charge in [-0.3, -0.25) is 4.98 Å². The average molecular weight is 313 g/mol. The normalized spacial score (nSPS) is 20.6. The molecular weight excluding hydrogens is 290 g/mol. The predicted molar refractivity (Wildman–Crippen MR) is 80.2 cm³/mol. The highest BCUT2D eigenvalue weighted by Gasteiger charge is 2.30. The van der Waals surface area contributed by atoms with Crippen LogP contribution in [-0.4, -0.2) is 43.5 Å². The Balaban J connectivity index is 2.10. The molecular formula is C14H23N3O3S. The van der Waals surface area contributed by atoms with Gasteiger partial charge in [-0.05, 0) is 31.4 Å². The van der Waals surface area contributed by atoms with Crippen molar-refractivity contribution in [3.8, 4) is 0 Å². The molecule has 1 fully saturated rings. The molecule has 1 aliphatic heterocycles. The Morgan fingerprint density at radius 1 is 1.48 bits per heavy atom. The number of pyridine rings is 1. The Kier molecular flexibility index (Phi) is 5.69. The Bertz CT molecular complexity index is 545. The van der Waals surface area contributed by atoms with Gasteiger partial charge in [0.05, 0.1) is 11.8 Å². The van der Waals surface area contributed by atoms with Crippen molar-refractivity contribution in [3.63, 3.8) is 0 Å². The van der Waals surface area contributed by atoms with Crippen molar-refractivity contribution in [2.75, 3.05) is 19.7 Å². The fourth-order valence-corrected chi connectivity index (χ4v) is 3.83. The van der Waals surface area contributed by atoms with E-state index in [-0.39, 0.29) is 11.0 Å². The summed E-state index contributed by atoms with van der Waals surface area (Å²) >= 11 is 0. The molecule has 0 aromatic carbocycles. The van der Waals surface area contributed by atoms with Crippen LogP contribution in [0.15, 0.2) is 23.2 Å². The lowest BCUT2D eigenvalue weighted by Crippen LogP contribution is -2.43. The van der Waals surface area contributed by atoms with Gasteiger partial charge in [-0.25, -0.2) is 8.42 Å². The van der Waals surface area contributed by atoms with Crippen LogP contribution in [0.2, 0.25) is 0 Å². The summed E-state index contributed by atoms with van der Waals surface area (Å²) in [6.45, 7) is 3.97. The van der Waals surface area contributed by atoms with E-state index in [1.165, 1.54) is 10.5 Å². The molecule has 6 nitrogen and oxygen atoms in total. The van der Waals surface area contributed by atoms with Gasteiger partial charge in [-0.2, -0.15) is 4.31 Å². The van der Waals surface area contributed by atoms with Crippen LogP contribution in [-0.2, 0) is 21.3 Å². The van der Waals surface area contributed by atoms with Gasteiger partial charge in [-0.1, -0.05) is 6.92 Å². The molecule has 1 atom stereocenters. The number of piperidine rings is 1. The first-order chi connectivity index (χ1) is 10.1. The summed E-state index contributed by atoms with van der Waals surface area (Å²) in [5, 5.41) is 0. The quantitative estimate of drug-likeness (QED) is 0.850. The zero-order valence-electron chi connectivity index (χ0n) is 12.4. The van der Waals surface area contributed by atoms with Crippen LogP contribution in [0.25, 0.3) is 0 Å². The minimum Gasteiger partial charge on any atom is -0.377 e. The van der Waals surface area contributed by atoms with Crippen molar-refractivity contribution in [2.24, 2.45) is 5.73 Å². The number of ether oxygens (including phenoxy) is 1. The van der Waals surface area contributed by atoms with E-state index in [0.29, 0.717) is 31.9 Å². The largest absolute Gasteiger partial charge is 0.377 e. The second-order valence-corrected chi connectivity index (χ2v) is 7.13. The van der Waals surface area contributed by atoms with Crippen molar-refractivity contribution in [3.05, 3.63) is 24.0 Å². The molecule has 1 saturated heterocycles. The molecule has 118 valence electrons. The van der Waals surface area contributed by atoms with Gasteiger partial charge in [0.15, 0.2) is 0 Å². The minimum absolute atomic E-state index is 0.00949. The third kappa shape index (κ3) is 4.00. The van der Waals surface area contributed by atoms with E-state index in [2.05, 4.69) is 4.98 Å². The third-order valence-corrected chi connectivity index (χ3v) is 5.39. The van der Waals surface area contributed by atoms with Crippen LogP contribution in [0.5, 0.6) is 0 Å². The van der Waals surface area contributed by atoms with E-state index in [1.54, 1.807) is 12.1 Å². The topological polar surface area (TPSA) is 85.5 Å². The van der Waals surface area contributed by atoms with Gasteiger partial charge in [0.25, 0.3) is 0 Å². The minimum atomic E-state index is -3.49. The standard InChI is InChI=1S/C14H23N3O3S/c1-2-8-20-13-4-3-7-17(11-13)21(18,19)14-6-5-12(9-15)16-10-14/h5-6,10,13H,2-4,7-9,11,15H2,1H3. The van der Waals surface area contributed by atoms with Crippen LogP contribution >= 0.6 is 0 Å². The second-order valence-electron chi connectivity index (χ2n) is 5.19. The highest BCUT2D eigenvalue weighted by Crippen LogP contribution is 2.21. The molecule has 1 aliphatic rings. The van der Waals surface area contributed by atoms with E-state index in [1.807, 2.05) is 6.92 Å². The summed E-state index contributed by atoms with van der Waals surface area (Å²) in [4.78, 5) is 4.28. The van der Waals surface area contributed by atoms with E-state index in [9.17, 15) is 8.42 Å². The molecule has 0 aliphatic carbocycles. The predicted octanol–water partition coefficient (Wildman–Crippen LogP) is 1.12. The lowest BCUT2D eigenvalue weighted by molar-refractivity contribution is 0.0193. The summed E-state index contributed by atoms with van der Waals surface area (Å²) in [5.74, 6) is 0. The molecule has 2 heterocycles. The number of nitrogens with two attached hydrogens (primary N) is 1. The fourth-order valence-electron chi connectivity index (χ4n) is 2.38. The molecule has 21 heavy (non-hydrogen) atoms. The van der Waals surface area contributed by atoms with Crippen molar-refractivity contribution in [2.45, 2.75) is 43.7 Å². The maximum atomic E-state index is 12.6. The SMILES string of the molecule is CCCOC1CCCN(S(=O)(=O)c2ccc(CN)nc2)C1. The molecule has 2 rings (SSSR count). The van der Waals surface area contributed by atoms with E-state index in [4.69, 9.17) is 10.5 Å². The van der Waals surface area contributed by atoms with Crippen molar-refractivity contribution < 1.29 is 13.2 Å². The monoisotopic (exact) mass is 313 g/mol. The van der Waals surface area contributed by atoms with Gasteiger partial charge in [0, 0.05) is 32.4 Å². The molecule has 0 saturated carbocycles. The van der Waals surface area contributed by atoms with Crippen molar-refractivity contribution >= 4 is 10.0 Å². The van der Waals surface area contributed by atoms with Gasteiger partial charge >= 0.3 is 0 Å². The third-order valence-electron chi connectivity index (χ3n) is 3.54. The molecule has 0 bridgehead atoms. The summed E-state index contributed by atoms with van der Waals surface area (Å²) in [6.07, 6.45) is 4.05. The number of rotatable bonds is 6. The maximum absolute atomic E-state index is 12.6. The smallest absolute Gasteiger partial charge is 0.244 e. The highest BCUT2D eigenvalue weighted by molar-refractivity contribution is 7.89. The maximum Gasteiger partial charge on any atom is 0.244 e. The Morgan fingerprint density at radius 3 is 2.90 bits per heavy atom. The number of aromatic nitrogens is 1. The molecule has 1 aromatic rings. The van der Waals surface area contributed by atoms with Gasteiger partial charge in [0.1, 0.15) is 4.90 Å². The lowest BCUT2D eigenvalue weighted by Gasteiger charge is -2.31. The average Bonchev–Trinajstić information content (AvgIpc) is 2.53. The Morgan fingerprint density at radius 2 is 2.29 bits per heavy atom. The Hall–Kier alpha value is -1.02. The second kappa shape index (κ2) is 7.31. The lowest BCUT2D eigenvalue weighted by atomic mass is 10.1. The summed E-state index contributed by atoms with van der Waals surface area (Å²) in [7, 11) is -3.49. The van der Waals surface area contributed by atoms with Crippen LogP contribution in [0.3, 0.4) is 0 Å². The van der Waals surface area contributed by atoms with E-state index >= 15 is 0 Å². The summed E-state index contributed by atoms with van der Waals surface area (Å²) in [5.41, 5.74) is 6.16. The molecule has 0 radical (unpaired) electrons. The van der Waals surface area contributed by atoms with Crippen LogP contribution < -0.4 is 5.73 Å². The van der Waals surface area contributed by atoms with Crippen LogP contribution in [0, 0.1) is 0 Å². The number of hydrogen-bond donors (Lipinski definition) is 1. The van der Waals surface area contributed by atoms with E-state index in [0.717, 1.165) is 19.3 Å². The first-order valence-corrected chi connectivity index (χ1v) is 8.78. The molecule has 2 N–H and O–H groups in total. The van der Waals surface area contributed by atoms with E-state index < -0.39 is 10.0 Å². The molecule has 0 spiro atoms. The number of hydrogen-bond acceptors (Lipinski definition) is 5. The molecule has 1 unspecified atom stereocenters. The molecule has 7 heteroatoms.